The first-order valence-corrected chi connectivity index (χ1v) is 8.69. The van der Waals surface area contributed by atoms with Crippen molar-refractivity contribution in [2.45, 2.75) is 6.92 Å². The summed E-state index contributed by atoms with van der Waals surface area (Å²) in [5, 5.41) is 0. The molecular weight excluding hydrogens is 338 g/mol. The van der Waals surface area contributed by atoms with E-state index in [9.17, 15) is 13.6 Å². The molecule has 138 valence electrons. The minimum atomic E-state index is -0.997. The summed E-state index contributed by atoms with van der Waals surface area (Å²) in [5.41, 5.74) is 1.34. The van der Waals surface area contributed by atoms with Gasteiger partial charge in [0.2, 0.25) is 0 Å². The fraction of sp³-hybridized carbons (Fsp3) is 0.350. The predicted octanol–water partition coefficient (Wildman–Crippen LogP) is 3.11. The molecule has 0 aliphatic carbocycles. The van der Waals surface area contributed by atoms with Gasteiger partial charge in [0.15, 0.2) is 11.6 Å². The van der Waals surface area contributed by atoms with Gasteiger partial charge < -0.3 is 9.64 Å². The van der Waals surface area contributed by atoms with Crippen LogP contribution >= 0.6 is 0 Å². The van der Waals surface area contributed by atoms with Gasteiger partial charge >= 0.3 is 0 Å². The highest BCUT2D eigenvalue weighted by atomic mass is 19.2. The summed E-state index contributed by atoms with van der Waals surface area (Å²) in [6.07, 6.45) is 0. The summed E-state index contributed by atoms with van der Waals surface area (Å²) >= 11 is 0. The van der Waals surface area contributed by atoms with Crippen molar-refractivity contribution in [1.82, 2.24) is 9.80 Å². The maximum atomic E-state index is 13.3. The van der Waals surface area contributed by atoms with Crippen LogP contribution in [-0.4, -0.2) is 55.0 Å². The van der Waals surface area contributed by atoms with E-state index in [0.29, 0.717) is 19.7 Å². The number of hydrogen-bond donors (Lipinski definition) is 0. The van der Waals surface area contributed by atoms with Crippen molar-refractivity contribution in [3.05, 3.63) is 65.2 Å². The smallest absolute Gasteiger partial charge is 0.254 e. The maximum absolute atomic E-state index is 13.3. The highest BCUT2D eigenvalue weighted by molar-refractivity contribution is 5.94. The van der Waals surface area contributed by atoms with E-state index in [4.69, 9.17) is 4.74 Å². The van der Waals surface area contributed by atoms with Crippen LogP contribution in [0.4, 0.5) is 8.78 Å². The summed E-state index contributed by atoms with van der Waals surface area (Å²) in [6.45, 7) is 5.96. The summed E-state index contributed by atoms with van der Waals surface area (Å²) in [5.74, 6) is -1.35. The molecule has 2 aromatic carbocycles. The topological polar surface area (TPSA) is 32.8 Å². The van der Waals surface area contributed by atoms with Crippen LogP contribution in [0.5, 0.6) is 5.75 Å². The fourth-order valence-electron chi connectivity index (χ4n) is 2.98. The fourth-order valence-corrected chi connectivity index (χ4v) is 2.98. The van der Waals surface area contributed by atoms with Gasteiger partial charge in [-0.15, -0.1) is 0 Å². The van der Waals surface area contributed by atoms with Crippen molar-refractivity contribution in [2.24, 2.45) is 0 Å². The summed E-state index contributed by atoms with van der Waals surface area (Å²) in [7, 11) is 0. The van der Waals surface area contributed by atoms with Crippen molar-refractivity contribution in [3.63, 3.8) is 0 Å². The van der Waals surface area contributed by atoms with Crippen molar-refractivity contribution in [1.29, 1.82) is 0 Å². The minimum absolute atomic E-state index is 0.181. The molecule has 1 heterocycles. The number of carbonyl (C=O) groups is 1. The molecule has 1 fully saturated rings. The molecule has 3 rings (SSSR count). The van der Waals surface area contributed by atoms with Crippen LogP contribution in [0.1, 0.15) is 15.9 Å². The third kappa shape index (κ3) is 4.58. The zero-order chi connectivity index (χ0) is 18.5. The number of halogens is 2. The number of aryl methyl sites for hydroxylation is 1. The Hall–Kier alpha value is -2.47. The van der Waals surface area contributed by atoms with E-state index >= 15 is 0 Å². The number of piperazine rings is 1. The summed E-state index contributed by atoms with van der Waals surface area (Å²) in [6, 6.07) is 11.2. The quantitative estimate of drug-likeness (QED) is 0.821. The van der Waals surface area contributed by atoms with Crippen LogP contribution in [-0.2, 0) is 0 Å². The Morgan fingerprint density at radius 2 is 1.81 bits per heavy atom. The molecule has 0 unspecified atom stereocenters. The van der Waals surface area contributed by atoms with Crippen LogP contribution in [0.25, 0.3) is 0 Å². The molecule has 1 amide bonds. The van der Waals surface area contributed by atoms with Gasteiger partial charge in [0.25, 0.3) is 5.91 Å². The molecule has 26 heavy (non-hydrogen) atoms. The molecule has 6 heteroatoms. The molecule has 1 aliphatic heterocycles. The Morgan fingerprint density at radius 3 is 2.50 bits per heavy atom. The second-order valence-corrected chi connectivity index (χ2v) is 6.43. The zero-order valence-electron chi connectivity index (χ0n) is 14.8. The lowest BCUT2D eigenvalue weighted by Crippen LogP contribution is -2.49. The monoisotopic (exact) mass is 360 g/mol. The second-order valence-electron chi connectivity index (χ2n) is 6.43. The molecule has 0 radical (unpaired) electrons. The zero-order valence-corrected chi connectivity index (χ0v) is 14.8. The van der Waals surface area contributed by atoms with Gasteiger partial charge in [-0.3, -0.25) is 9.69 Å². The van der Waals surface area contributed by atoms with Crippen molar-refractivity contribution in [3.8, 4) is 5.75 Å². The highest BCUT2D eigenvalue weighted by Crippen LogP contribution is 2.14. The lowest BCUT2D eigenvalue weighted by atomic mass is 10.1. The van der Waals surface area contributed by atoms with Gasteiger partial charge in [0, 0.05) is 38.3 Å². The number of amides is 1. The molecular formula is C20H22F2N2O2. The van der Waals surface area contributed by atoms with Crippen molar-refractivity contribution in [2.75, 3.05) is 39.3 Å². The molecule has 0 atom stereocenters. The summed E-state index contributed by atoms with van der Waals surface area (Å²) in [4.78, 5) is 16.3. The molecule has 0 N–H and O–H groups in total. The first-order valence-electron chi connectivity index (χ1n) is 8.69. The number of nitrogens with zero attached hydrogens (tertiary/aromatic N) is 2. The van der Waals surface area contributed by atoms with E-state index in [0.717, 1.165) is 43.1 Å². The Kier molecular flexibility index (Phi) is 5.83. The number of ether oxygens (including phenoxy) is 1. The predicted molar refractivity (Wildman–Crippen MR) is 95.4 cm³/mol. The summed E-state index contributed by atoms with van der Waals surface area (Å²) < 4.78 is 32.1. The lowest BCUT2D eigenvalue weighted by Gasteiger charge is -2.34. The molecule has 0 bridgehead atoms. The Labute approximate surface area is 152 Å². The molecule has 0 spiro atoms. The van der Waals surface area contributed by atoms with E-state index < -0.39 is 11.6 Å². The van der Waals surface area contributed by atoms with Gasteiger partial charge in [-0.1, -0.05) is 12.1 Å². The molecule has 1 saturated heterocycles. The Balaban J connectivity index is 1.45. The largest absolute Gasteiger partial charge is 0.492 e. The first kappa shape index (κ1) is 18.3. The Bertz CT molecular complexity index is 774. The van der Waals surface area contributed by atoms with Crippen LogP contribution in [0, 0.1) is 18.6 Å². The van der Waals surface area contributed by atoms with E-state index in [2.05, 4.69) is 4.90 Å². The van der Waals surface area contributed by atoms with Gasteiger partial charge in [0.05, 0.1) is 0 Å². The first-order chi connectivity index (χ1) is 12.5. The lowest BCUT2D eigenvalue weighted by molar-refractivity contribution is 0.0619. The third-order valence-corrected chi connectivity index (χ3v) is 4.49. The molecule has 1 aliphatic rings. The Morgan fingerprint density at radius 1 is 1.04 bits per heavy atom. The van der Waals surface area contributed by atoms with Crippen molar-refractivity contribution >= 4 is 5.91 Å². The molecule has 2 aromatic rings. The number of hydrogen-bond acceptors (Lipinski definition) is 3. The van der Waals surface area contributed by atoms with Crippen LogP contribution in [0.2, 0.25) is 0 Å². The maximum Gasteiger partial charge on any atom is 0.254 e. The second kappa shape index (κ2) is 8.27. The van der Waals surface area contributed by atoms with E-state index in [-0.39, 0.29) is 11.5 Å². The average molecular weight is 360 g/mol. The van der Waals surface area contributed by atoms with Crippen LogP contribution < -0.4 is 4.74 Å². The van der Waals surface area contributed by atoms with Gasteiger partial charge in [-0.05, 0) is 42.8 Å². The highest BCUT2D eigenvalue weighted by Gasteiger charge is 2.22. The van der Waals surface area contributed by atoms with E-state index in [1.807, 2.05) is 31.2 Å². The van der Waals surface area contributed by atoms with Crippen LogP contribution in [0.15, 0.2) is 42.5 Å². The molecule has 4 nitrogen and oxygen atoms in total. The average Bonchev–Trinajstić information content (AvgIpc) is 2.64. The normalized spacial score (nSPS) is 15.1. The van der Waals surface area contributed by atoms with E-state index in [1.54, 1.807) is 4.90 Å². The van der Waals surface area contributed by atoms with Crippen molar-refractivity contribution < 1.29 is 18.3 Å². The standard InChI is InChI=1S/C20H22F2N2O2/c1-15-3-2-4-17(13-15)26-12-11-23-7-9-24(10-8-23)20(25)16-5-6-18(21)19(22)14-16/h2-6,13-14H,7-12H2,1H3. The number of rotatable bonds is 5. The number of benzene rings is 2. The molecule has 0 saturated carbocycles. The van der Waals surface area contributed by atoms with Gasteiger partial charge in [0.1, 0.15) is 12.4 Å². The third-order valence-electron chi connectivity index (χ3n) is 4.49. The minimum Gasteiger partial charge on any atom is -0.492 e. The van der Waals surface area contributed by atoms with Gasteiger partial charge in [-0.2, -0.15) is 0 Å². The van der Waals surface area contributed by atoms with Gasteiger partial charge in [-0.25, -0.2) is 8.78 Å². The molecule has 0 aromatic heterocycles. The SMILES string of the molecule is Cc1cccc(OCCN2CCN(C(=O)c3ccc(F)c(F)c3)CC2)c1. The van der Waals surface area contributed by atoms with E-state index in [1.165, 1.54) is 6.07 Å². The van der Waals surface area contributed by atoms with Crippen LogP contribution in [0.3, 0.4) is 0 Å². The number of carbonyl (C=O) groups excluding carboxylic acids is 1.